The number of thioether (sulfide) groups is 1. The van der Waals surface area contributed by atoms with Crippen molar-refractivity contribution in [2.75, 3.05) is 56.1 Å². The van der Waals surface area contributed by atoms with Gasteiger partial charge >= 0.3 is 6.18 Å². The van der Waals surface area contributed by atoms with Gasteiger partial charge < -0.3 is 25.0 Å². The number of hydrogen-bond donors (Lipinski definition) is 2. The quantitative estimate of drug-likeness (QED) is 0.364. The van der Waals surface area contributed by atoms with Gasteiger partial charge in [-0.3, -0.25) is 19.1 Å². The number of amides is 3. The van der Waals surface area contributed by atoms with E-state index in [1.54, 1.807) is 16.7 Å². The molecule has 3 aromatic rings. The van der Waals surface area contributed by atoms with Crippen molar-refractivity contribution in [1.29, 1.82) is 0 Å². The second-order valence-corrected chi connectivity index (χ2v) is 14.1. The van der Waals surface area contributed by atoms with E-state index in [2.05, 4.69) is 20.7 Å². The van der Waals surface area contributed by atoms with Gasteiger partial charge in [0.2, 0.25) is 5.91 Å². The maximum Gasteiger partial charge on any atom is 0.435 e. The SMILES string of the molecule is Cl.Cn1c(-c2cn(CC3(C)CSC3)nc2C(F)(F)F)cnc1C(=O)Nc1ccc(C(=O)N2CCN(C(=O)C3CCNCC3)CC2)c(Cl)c1. The molecule has 0 unspecified atom stereocenters. The molecule has 0 saturated carbocycles. The first-order chi connectivity index (χ1) is 22.3. The van der Waals surface area contributed by atoms with E-state index in [0.717, 1.165) is 37.4 Å². The van der Waals surface area contributed by atoms with E-state index in [0.29, 0.717) is 32.7 Å². The number of halogens is 5. The highest BCUT2D eigenvalue weighted by molar-refractivity contribution is 8.00. The molecule has 0 atom stereocenters. The van der Waals surface area contributed by atoms with Crippen LogP contribution in [0.15, 0.2) is 30.6 Å². The molecule has 6 rings (SSSR count). The summed E-state index contributed by atoms with van der Waals surface area (Å²) in [5.41, 5.74) is -0.688. The predicted octanol–water partition coefficient (Wildman–Crippen LogP) is 4.67. The van der Waals surface area contributed by atoms with Gasteiger partial charge in [-0.25, -0.2) is 4.98 Å². The van der Waals surface area contributed by atoms with Crippen molar-refractivity contribution in [3.63, 3.8) is 0 Å². The lowest BCUT2D eigenvalue weighted by Gasteiger charge is -2.37. The lowest BCUT2D eigenvalue weighted by atomic mass is 9.95. The molecule has 2 N–H and O–H groups in total. The zero-order chi connectivity index (χ0) is 33.5. The van der Waals surface area contributed by atoms with E-state index in [1.807, 2.05) is 11.8 Å². The molecule has 0 bridgehead atoms. The number of imidazole rings is 1. The fourth-order valence-corrected chi connectivity index (χ4v) is 7.63. The molecule has 0 spiro atoms. The lowest BCUT2D eigenvalue weighted by molar-refractivity contribution is -0.141. The third kappa shape index (κ3) is 7.48. The number of rotatable bonds is 7. The number of benzene rings is 1. The number of aromatic nitrogens is 4. The molecule has 3 fully saturated rings. The number of hydrogen-bond acceptors (Lipinski definition) is 7. The fraction of sp³-hybridized carbons (Fsp3) is 0.516. The van der Waals surface area contributed by atoms with Gasteiger partial charge in [0.1, 0.15) is 0 Å². The molecule has 2 aromatic heterocycles. The van der Waals surface area contributed by atoms with Gasteiger partial charge in [-0.05, 0) is 44.1 Å². The zero-order valence-electron chi connectivity index (χ0n) is 26.5. The molecule has 11 nitrogen and oxygen atoms in total. The minimum absolute atomic E-state index is 0. The van der Waals surface area contributed by atoms with Gasteiger partial charge in [0.05, 0.1) is 28.0 Å². The Morgan fingerprint density at radius 2 is 1.77 bits per heavy atom. The number of piperidine rings is 1. The van der Waals surface area contributed by atoms with Crippen molar-refractivity contribution in [3.8, 4) is 11.3 Å². The Bertz CT molecular complexity index is 1680. The highest BCUT2D eigenvalue weighted by Gasteiger charge is 2.40. The van der Waals surface area contributed by atoms with E-state index in [9.17, 15) is 27.6 Å². The van der Waals surface area contributed by atoms with E-state index in [-0.39, 0.29) is 68.9 Å². The average Bonchev–Trinajstić information content (AvgIpc) is 3.63. The molecule has 260 valence electrons. The summed E-state index contributed by atoms with van der Waals surface area (Å²) in [6, 6.07) is 4.49. The standard InChI is InChI=1S/C31H36ClF3N8O3S.ClH/c1-30(17-47-18-30)16-43-15-22(25(39-43)31(33,34)35)24-14-37-26(40(24)2)27(44)38-20-3-4-21(23(32)13-20)29(46)42-11-9-41(10-12-42)28(45)19-5-7-36-8-6-19;/h3-4,13-15,19,36H,5-12,16-18H2,1-2H3,(H,38,44);1H. The van der Waals surface area contributed by atoms with E-state index in [4.69, 9.17) is 11.6 Å². The minimum Gasteiger partial charge on any atom is -0.339 e. The molecule has 3 saturated heterocycles. The van der Waals surface area contributed by atoms with Crippen LogP contribution in [0.1, 0.15) is 46.4 Å². The summed E-state index contributed by atoms with van der Waals surface area (Å²) in [7, 11) is 1.47. The first-order valence-electron chi connectivity index (χ1n) is 15.5. The summed E-state index contributed by atoms with van der Waals surface area (Å²) in [5, 5.41) is 9.92. The van der Waals surface area contributed by atoms with E-state index >= 15 is 0 Å². The van der Waals surface area contributed by atoms with Crippen molar-refractivity contribution < 1.29 is 27.6 Å². The molecule has 17 heteroatoms. The summed E-state index contributed by atoms with van der Waals surface area (Å²) in [5.74, 6) is 0.799. The molecule has 0 aliphatic carbocycles. The molecule has 3 amide bonds. The van der Waals surface area contributed by atoms with E-state index in [1.165, 1.54) is 46.9 Å². The maximum atomic E-state index is 14.0. The number of carbonyl (C=O) groups is 3. The Morgan fingerprint density at radius 3 is 2.38 bits per heavy atom. The maximum absolute atomic E-state index is 14.0. The Morgan fingerprint density at radius 1 is 1.10 bits per heavy atom. The smallest absolute Gasteiger partial charge is 0.339 e. The summed E-state index contributed by atoms with van der Waals surface area (Å²) in [6.45, 7) is 5.72. The van der Waals surface area contributed by atoms with Crippen LogP contribution in [0.5, 0.6) is 0 Å². The molecule has 3 aliphatic rings. The van der Waals surface area contributed by atoms with E-state index < -0.39 is 17.8 Å². The van der Waals surface area contributed by atoms with Gasteiger partial charge in [-0.15, -0.1) is 12.4 Å². The number of anilines is 1. The van der Waals surface area contributed by atoms with Crippen LogP contribution in [-0.4, -0.2) is 97.6 Å². The number of alkyl halides is 3. The molecular formula is C31H37Cl2F3N8O3S. The lowest BCUT2D eigenvalue weighted by Crippen LogP contribution is -2.52. The van der Waals surface area contributed by atoms with Crippen molar-refractivity contribution in [1.82, 2.24) is 34.4 Å². The zero-order valence-corrected chi connectivity index (χ0v) is 28.9. The van der Waals surface area contributed by atoms with Crippen LogP contribution in [-0.2, 0) is 24.6 Å². The van der Waals surface area contributed by atoms with Gasteiger partial charge in [0.15, 0.2) is 11.5 Å². The topological polar surface area (TPSA) is 117 Å². The first kappa shape index (κ1) is 36.0. The second-order valence-electron chi connectivity index (χ2n) is 12.7. The molecule has 5 heterocycles. The summed E-state index contributed by atoms with van der Waals surface area (Å²) in [6.07, 6.45) is -0.475. The van der Waals surface area contributed by atoms with Crippen LogP contribution in [0, 0.1) is 11.3 Å². The van der Waals surface area contributed by atoms with Crippen LogP contribution in [0.25, 0.3) is 11.3 Å². The molecule has 48 heavy (non-hydrogen) atoms. The Balaban J connectivity index is 0.00000451. The average molecular weight is 730 g/mol. The summed E-state index contributed by atoms with van der Waals surface area (Å²) in [4.78, 5) is 46.9. The molecule has 3 aliphatic heterocycles. The highest BCUT2D eigenvalue weighted by Crippen LogP contribution is 2.41. The van der Waals surface area contributed by atoms with Crippen LogP contribution in [0.3, 0.4) is 0 Å². The summed E-state index contributed by atoms with van der Waals surface area (Å²) < 4.78 is 44.6. The largest absolute Gasteiger partial charge is 0.435 e. The Hall–Kier alpha value is -3.27. The second kappa shape index (κ2) is 14.3. The number of nitrogens with one attached hydrogen (secondary N) is 2. The van der Waals surface area contributed by atoms with Crippen molar-refractivity contribution in [3.05, 3.63) is 52.7 Å². The third-order valence-corrected chi connectivity index (χ3v) is 11.1. The van der Waals surface area contributed by atoms with Crippen molar-refractivity contribution in [2.24, 2.45) is 18.4 Å². The Kier molecular flexibility index (Phi) is 10.7. The third-order valence-electron chi connectivity index (χ3n) is 8.97. The molecule has 0 radical (unpaired) electrons. The minimum atomic E-state index is -4.70. The molecular weight excluding hydrogens is 692 g/mol. The predicted molar refractivity (Wildman–Crippen MR) is 180 cm³/mol. The molecule has 1 aromatic carbocycles. The first-order valence-corrected chi connectivity index (χ1v) is 17.0. The number of nitrogens with zero attached hydrogens (tertiary/aromatic N) is 6. The van der Waals surface area contributed by atoms with Gasteiger partial charge in [0.25, 0.3) is 11.8 Å². The van der Waals surface area contributed by atoms with Crippen molar-refractivity contribution >= 4 is 59.2 Å². The van der Waals surface area contributed by atoms with Gasteiger partial charge in [0, 0.05) is 74.5 Å². The Labute approximate surface area is 291 Å². The van der Waals surface area contributed by atoms with Crippen LogP contribution in [0.2, 0.25) is 5.02 Å². The van der Waals surface area contributed by atoms with Gasteiger partial charge in [-0.1, -0.05) is 18.5 Å². The fourth-order valence-electron chi connectivity index (χ4n) is 6.28. The number of carbonyl (C=O) groups excluding carboxylic acids is 3. The van der Waals surface area contributed by atoms with Crippen LogP contribution >= 0.6 is 35.8 Å². The summed E-state index contributed by atoms with van der Waals surface area (Å²) >= 11 is 8.22. The number of piperazine rings is 1. The monoisotopic (exact) mass is 728 g/mol. The normalized spacial score (nSPS) is 18.2. The van der Waals surface area contributed by atoms with Crippen molar-refractivity contribution in [2.45, 2.75) is 32.5 Å². The highest BCUT2D eigenvalue weighted by atomic mass is 35.5. The van der Waals surface area contributed by atoms with Gasteiger partial charge in [-0.2, -0.15) is 30.0 Å². The van der Waals surface area contributed by atoms with Crippen LogP contribution in [0.4, 0.5) is 18.9 Å². The van der Waals surface area contributed by atoms with Crippen LogP contribution < -0.4 is 10.6 Å².